The summed E-state index contributed by atoms with van der Waals surface area (Å²) in [5.41, 5.74) is 7.57. The molecule has 5 atom stereocenters. The zero-order chi connectivity index (χ0) is 26.6. The second-order valence-electron chi connectivity index (χ2n) is 10.8. The van der Waals surface area contributed by atoms with E-state index < -0.39 is 35.6 Å². The number of esters is 1. The Morgan fingerprint density at radius 3 is 2.61 bits per heavy atom. The van der Waals surface area contributed by atoms with Crippen molar-refractivity contribution in [1.29, 1.82) is 0 Å². The molecule has 1 aromatic heterocycles. The van der Waals surface area contributed by atoms with Gasteiger partial charge in [-0.1, -0.05) is 45.4 Å². The number of ketones is 1. The lowest BCUT2D eigenvalue weighted by molar-refractivity contribution is -0.155. The smallest absolute Gasteiger partial charge is 0.309 e. The number of oxazole rings is 1. The fraction of sp³-hybridized carbons (Fsp3) is 0.607. The molecule has 0 aliphatic carbocycles. The van der Waals surface area contributed by atoms with E-state index in [2.05, 4.69) is 11.1 Å². The van der Waals surface area contributed by atoms with Gasteiger partial charge in [0.25, 0.3) is 0 Å². The van der Waals surface area contributed by atoms with Crippen molar-refractivity contribution in [2.75, 3.05) is 0 Å². The lowest BCUT2D eigenvalue weighted by atomic mass is 9.73. The first kappa shape index (κ1) is 28.0. The number of hydrogen-bond acceptors (Lipinski definition) is 8. The molecule has 4 N–H and O–H groups in total. The van der Waals surface area contributed by atoms with Gasteiger partial charge in [-0.15, -0.1) is 0 Å². The van der Waals surface area contributed by atoms with Crippen molar-refractivity contribution in [1.82, 2.24) is 4.98 Å². The zero-order valence-corrected chi connectivity index (χ0v) is 22.0. The van der Waals surface area contributed by atoms with Crippen LogP contribution in [0.15, 0.2) is 34.3 Å². The van der Waals surface area contributed by atoms with Crippen LogP contribution in [-0.4, -0.2) is 39.2 Å². The monoisotopic (exact) mass is 500 g/mol. The first-order chi connectivity index (χ1) is 16.9. The minimum Gasteiger partial charge on any atom is -0.457 e. The van der Waals surface area contributed by atoms with Crippen LogP contribution in [0, 0.1) is 17.3 Å². The molecule has 36 heavy (non-hydrogen) atoms. The number of carbonyl (C=O) groups is 2. The Kier molecular flexibility index (Phi) is 9.08. The summed E-state index contributed by atoms with van der Waals surface area (Å²) in [6.45, 7) is 9.09. The van der Waals surface area contributed by atoms with Gasteiger partial charge in [0.05, 0.1) is 30.6 Å². The van der Waals surface area contributed by atoms with Gasteiger partial charge in [-0.05, 0) is 49.8 Å². The van der Waals surface area contributed by atoms with E-state index in [9.17, 15) is 19.8 Å². The van der Waals surface area contributed by atoms with Crippen LogP contribution in [0.4, 0.5) is 0 Å². The van der Waals surface area contributed by atoms with Crippen LogP contribution in [0.1, 0.15) is 84.3 Å². The molecule has 0 spiro atoms. The minimum absolute atomic E-state index is 0.0667. The number of nitrogens with two attached hydrogens (primary N) is 1. The Hall–Kier alpha value is -2.55. The maximum Gasteiger partial charge on any atom is 0.309 e. The average Bonchev–Trinajstić information content (AvgIpc) is 3.26. The van der Waals surface area contributed by atoms with Crippen molar-refractivity contribution >= 4 is 22.9 Å². The molecule has 8 heteroatoms. The van der Waals surface area contributed by atoms with E-state index in [1.54, 1.807) is 26.8 Å². The summed E-state index contributed by atoms with van der Waals surface area (Å²) in [6.07, 6.45) is 2.01. The second kappa shape index (κ2) is 11.7. The summed E-state index contributed by atoms with van der Waals surface area (Å²) >= 11 is 0. The number of cyclic esters (lactones) is 1. The number of allylic oxidation sites excluding steroid dienone is 1. The van der Waals surface area contributed by atoms with Gasteiger partial charge in [0, 0.05) is 12.3 Å². The molecule has 0 bridgehead atoms. The molecule has 2 heterocycles. The van der Waals surface area contributed by atoms with E-state index >= 15 is 0 Å². The third-order valence-corrected chi connectivity index (χ3v) is 7.52. The highest BCUT2D eigenvalue weighted by Gasteiger charge is 2.42. The molecule has 0 amide bonds. The number of carbonyl (C=O) groups excluding carboxylic acids is 2. The van der Waals surface area contributed by atoms with E-state index in [1.807, 2.05) is 26.0 Å². The predicted octanol–water partition coefficient (Wildman–Crippen LogP) is 4.37. The van der Waals surface area contributed by atoms with Crippen LogP contribution in [-0.2, 0) is 20.9 Å². The van der Waals surface area contributed by atoms with Gasteiger partial charge in [-0.2, -0.15) is 0 Å². The normalized spacial score (nSPS) is 30.6. The molecule has 0 radical (unpaired) electrons. The maximum atomic E-state index is 13.2. The molecule has 0 saturated heterocycles. The SMILES string of the molecule is C/C1=C/C[C@@H](c2ccc3oc(CN)nc3c2)OC(=O)C[C@@H](O)C(C)(C)C(=O)[C@H](C)[C@@H](O)[C@@H](C)CCC1. The van der Waals surface area contributed by atoms with Gasteiger partial charge in [-0.3, -0.25) is 9.59 Å². The van der Waals surface area contributed by atoms with E-state index in [-0.39, 0.29) is 24.7 Å². The molecular weight excluding hydrogens is 460 g/mol. The third-order valence-electron chi connectivity index (χ3n) is 7.52. The van der Waals surface area contributed by atoms with Gasteiger partial charge >= 0.3 is 5.97 Å². The van der Waals surface area contributed by atoms with Crippen molar-refractivity contribution in [3.8, 4) is 0 Å². The van der Waals surface area contributed by atoms with Crippen molar-refractivity contribution in [2.45, 2.75) is 91.6 Å². The predicted molar refractivity (Wildman–Crippen MR) is 137 cm³/mol. The summed E-state index contributed by atoms with van der Waals surface area (Å²) in [5.74, 6) is -1.17. The zero-order valence-electron chi connectivity index (χ0n) is 22.0. The number of benzene rings is 1. The second-order valence-corrected chi connectivity index (χ2v) is 10.8. The molecule has 0 unspecified atom stereocenters. The number of aromatic nitrogens is 1. The van der Waals surface area contributed by atoms with Crippen LogP contribution in [0.5, 0.6) is 0 Å². The van der Waals surface area contributed by atoms with Crippen LogP contribution >= 0.6 is 0 Å². The number of nitrogens with zero attached hydrogens (tertiary/aromatic N) is 1. The highest BCUT2D eigenvalue weighted by atomic mass is 16.5. The first-order valence-electron chi connectivity index (χ1n) is 12.8. The summed E-state index contributed by atoms with van der Waals surface area (Å²) in [6, 6.07) is 5.44. The molecule has 198 valence electrons. The minimum atomic E-state index is -1.25. The molecule has 2 aromatic rings. The molecule has 3 rings (SSSR count). The Morgan fingerprint density at radius 1 is 1.19 bits per heavy atom. The Balaban J connectivity index is 1.91. The van der Waals surface area contributed by atoms with E-state index in [0.717, 1.165) is 30.4 Å². The fourth-order valence-corrected chi connectivity index (χ4v) is 4.83. The number of fused-ring (bicyclic) bond motifs is 1. The largest absolute Gasteiger partial charge is 0.457 e. The summed E-state index contributed by atoms with van der Waals surface area (Å²) in [4.78, 5) is 30.5. The Morgan fingerprint density at radius 2 is 1.92 bits per heavy atom. The summed E-state index contributed by atoms with van der Waals surface area (Å²) in [5, 5.41) is 21.7. The highest BCUT2D eigenvalue weighted by molar-refractivity contribution is 5.88. The number of hydrogen-bond donors (Lipinski definition) is 3. The van der Waals surface area contributed by atoms with Crippen molar-refractivity contribution in [3.63, 3.8) is 0 Å². The first-order valence-corrected chi connectivity index (χ1v) is 12.8. The quantitative estimate of drug-likeness (QED) is 0.408. The summed E-state index contributed by atoms with van der Waals surface area (Å²) in [7, 11) is 0. The van der Waals surface area contributed by atoms with Crippen molar-refractivity contribution in [3.05, 3.63) is 41.3 Å². The summed E-state index contributed by atoms with van der Waals surface area (Å²) < 4.78 is 11.4. The van der Waals surface area contributed by atoms with E-state index in [4.69, 9.17) is 14.9 Å². The number of rotatable bonds is 2. The van der Waals surface area contributed by atoms with Gasteiger partial charge < -0.3 is 25.1 Å². The topological polar surface area (TPSA) is 136 Å². The average molecular weight is 501 g/mol. The molecule has 1 aromatic carbocycles. The van der Waals surface area contributed by atoms with Crippen molar-refractivity contribution < 1.29 is 29.0 Å². The molecule has 1 aliphatic heterocycles. The van der Waals surface area contributed by atoms with Crippen LogP contribution in [0.3, 0.4) is 0 Å². The molecule has 0 saturated carbocycles. The number of aliphatic hydroxyl groups is 2. The van der Waals surface area contributed by atoms with Crippen LogP contribution < -0.4 is 5.73 Å². The lowest BCUT2D eigenvalue weighted by Crippen LogP contribution is -2.45. The molecule has 8 nitrogen and oxygen atoms in total. The van der Waals surface area contributed by atoms with Gasteiger partial charge in [-0.25, -0.2) is 4.98 Å². The third kappa shape index (κ3) is 6.41. The highest BCUT2D eigenvalue weighted by Crippen LogP contribution is 2.33. The maximum absolute atomic E-state index is 13.2. The van der Waals surface area contributed by atoms with Crippen LogP contribution in [0.2, 0.25) is 0 Å². The number of ether oxygens (including phenoxy) is 1. The molecule has 1 aliphatic rings. The number of aliphatic hydroxyl groups excluding tert-OH is 2. The fourth-order valence-electron chi connectivity index (χ4n) is 4.83. The van der Waals surface area contributed by atoms with E-state index in [1.165, 1.54) is 0 Å². The number of Topliss-reactive ketones (excluding diaryl/α,β-unsaturated/α-hetero) is 1. The van der Waals surface area contributed by atoms with Gasteiger partial charge in [0.15, 0.2) is 5.58 Å². The molecule has 0 fully saturated rings. The van der Waals surface area contributed by atoms with Crippen LogP contribution in [0.25, 0.3) is 11.1 Å². The Labute approximate surface area is 212 Å². The van der Waals surface area contributed by atoms with E-state index in [0.29, 0.717) is 23.4 Å². The van der Waals surface area contributed by atoms with Gasteiger partial charge in [0.1, 0.15) is 17.4 Å². The Bertz CT molecular complexity index is 1100. The lowest BCUT2D eigenvalue weighted by Gasteiger charge is -2.34. The standard InChI is InChI=1S/C28H40N2O6/c1-16-7-6-8-17(2)26(33)18(3)27(34)28(4,5)23(31)14-25(32)36-21(11-9-16)19-10-12-22-20(13-19)30-24(15-29)35-22/h9-10,12-13,17-18,21,23,26,31,33H,6-8,11,14-15,29H2,1-5H3/b16-9-/t17-,18+,21-,23+,26-/m0/s1. The van der Waals surface area contributed by atoms with Gasteiger partial charge in [0.2, 0.25) is 5.89 Å². The molecular formula is C28H40N2O6. The van der Waals surface area contributed by atoms with Crippen molar-refractivity contribution in [2.24, 2.45) is 23.0 Å².